The highest BCUT2D eigenvalue weighted by Gasteiger charge is 2.24. The van der Waals surface area contributed by atoms with Crippen molar-refractivity contribution in [2.75, 3.05) is 5.32 Å². The molecule has 0 spiro atoms. The zero-order valence-electron chi connectivity index (χ0n) is 10.9. The number of hydrogen-bond acceptors (Lipinski definition) is 5. The topological polar surface area (TPSA) is 84.3 Å². The number of nitrogens with one attached hydrogen (secondary N) is 1. The van der Waals surface area contributed by atoms with E-state index in [2.05, 4.69) is 15.3 Å². The van der Waals surface area contributed by atoms with Gasteiger partial charge in [0.1, 0.15) is 0 Å². The van der Waals surface area contributed by atoms with Crippen LogP contribution < -0.4 is 10.1 Å². The van der Waals surface area contributed by atoms with Crippen molar-refractivity contribution in [1.82, 2.24) is 9.97 Å². The molecule has 19 heavy (non-hydrogen) atoms. The number of hydrogen-bond donors (Lipinski definition) is 2. The lowest BCUT2D eigenvalue weighted by Crippen LogP contribution is -2.20. The molecule has 2 unspecified atom stereocenters. The number of nitrogens with zero attached hydrogens (tertiary/aromatic N) is 2. The molecule has 0 fully saturated rings. The number of carbonyl (C=O) groups is 1. The largest absolute Gasteiger partial charge is 0.481 e. The Bertz CT molecular complexity index is 488. The van der Waals surface area contributed by atoms with E-state index in [-0.39, 0.29) is 12.1 Å². The zero-order chi connectivity index (χ0) is 13.8. The monoisotopic (exact) mass is 263 g/mol. The molecular weight excluding hydrogens is 246 g/mol. The summed E-state index contributed by atoms with van der Waals surface area (Å²) in [6.45, 7) is 3.85. The average Bonchev–Trinajstić information content (AvgIpc) is 2.77. The summed E-state index contributed by atoms with van der Waals surface area (Å²) in [7, 11) is 0. The van der Waals surface area contributed by atoms with Gasteiger partial charge < -0.3 is 15.2 Å². The Hall–Kier alpha value is -2.11. The minimum Gasteiger partial charge on any atom is -0.481 e. The Labute approximate surface area is 111 Å². The maximum atomic E-state index is 10.8. The summed E-state index contributed by atoms with van der Waals surface area (Å²) in [6, 6.07) is 1.63. The van der Waals surface area contributed by atoms with Gasteiger partial charge >= 0.3 is 5.97 Å². The van der Waals surface area contributed by atoms with E-state index in [4.69, 9.17) is 9.84 Å². The van der Waals surface area contributed by atoms with E-state index >= 15 is 0 Å². The van der Waals surface area contributed by atoms with Crippen LogP contribution in [-0.2, 0) is 4.79 Å². The maximum Gasteiger partial charge on any atom is 0.310 e. The lowest BCUT2D eigenvalue weighted by molar-refractivity contribution is -0.140. The predicted molar refractivity (Wildman–Crippen MR) is 70.1 cm³/mol. The number of ether oxygens (including phenoxy) is 1. The molecule has 2 N–H and O–H groups in total. The molecule has 2 atom stereocenters. The van der Waals surface area contributed by atoms with Gasteiger partial charge in [0, 0.05) is 18.3 Å². The minimum absolute atomic E-state index is 0.0468. The Morgan fingerprint density at radius 3 is 2.95 bits per heavy atom. The van der Waals surface area contributed by atoms with Crippen molar-refractivity contribution in [3.8, 4) is 5.88 Å². The van der Waals surface area contributed by atoms with Gasteiger partial charge in [-0.15, -0.1) is 0 Å². The van der Waals surface area contributed by atoms with Gasteiger partial charge in [-0.2, -0.15) is 4.98 Å². The molecule has 0 bridgehead atoms. The number of aromatic nitrogens is 2. The smallest absolute Gasteiger partial charge is 0.310 e. The molecule has 0 radical (unpaired) electrons. The number of carboxylic acid groups (broad SMARTS) is 1. The highest BCUT2D eigenvalue weighted by atomic mass is 16.5. The quantitative estimate of drug-likeness (QED) is 0.787. The van der Waals surface area contributed by atoms with E-state index < -0.39 is 11.9 Å². The Morgan fingerprint density at radius 1 is 1.53 bits per heavy atom. The van der Waals surface area contributed by atoms with Crippen LogP contribution in [0.15, 0.2) is 24.4 Å². The van der Waals surface area contributed by atoms with Crippen molar-refractivity contribution >= 4 is 11.9 Å². The van der Waals surface area contributed by atoms with Crippen LogP contribution in [0.5, 0.6) is 5.88 Å². The van der Waals surface area contributed by atoms with Gasteiger partial charge in [-0.1, -0.05) is 12.2 Å². The highest BCUT2D eigenvalue weighted by Crippen LogP contribution is 2.21. The van der Waals surface area contributed by atoms with Crippen LogP contribution in [0.4, 0.5) is 5.95 Å². The number of carboxylic acids is 1. The minimum atomic E-state index is -0.807. The lowest BCUT2D eigenvalue weighted by Gasteiger charge is -2.13. The summed E-state index contributed by atoms with van der Waals surface area (Å²) in [5.41, 5.74) is 0. The molecule has 0 saturated carbocycles. The molecule has 0 aliphatic heterocycles. The summed E-state index contributed by atoms with van der Waals surface area (Å²) in [5, 5.41) is 12.0. The first-order valence-electron chi connectivity index (χ1n) is 6.22. The first-order chi connectivity index (χ1) is 9.04. The molecule has 0 aromatic carbocycles. The molecular formula is C13H17N3O3. The van der Waals surface area contributed by atoms with Crippen molar-refractivity contribution in [2.24, 2.45) is 5.92 Å². The maximum absolute atomic E-state index is 10.8. The van der Waals surface area contributed by atoms with E-state index in [9.17, 15) is 4.79 Å². The van der Waals surface area contributed by atoms with Crippen molar-refractivity contribution in [1.29, 1.82) is 0 Å². The normalized spacial score (nSPS) is 21.6. The molecule has 1 heterocycles. The Morgan fingerprint density at radius 2 is 2.32 bits per heavy atom. The molecule has 1 aromatic rings. The third-order valence-corrected chi connectivity index (χ3v) is 2.70. The number of aliphatic carboxylic acids is 1. The second-order valence-electron chi connectivity index (χ2n) is 4.70. The van der Waals surface area contributed by atoms with Crippen LogP contribution in [0.25, 0.3) is 0 Å². The molecule has 0 saturated heterocycles. The number of rotatable bonds is 5. The molecule has 6 nitrogen and oxygen atoms in total. The van der Waals surface area contributed by atoms with Gasteiger partial charge in [0.05, 0.1) is 12.0 Å². The summed E-state index contributed by atoms with van der Waals surface area (Å²) >= 11 is 0. The van der Waals surface area contributed by atoms with Gasteiger partial charge in [-0.05, 0) is 20.3 Å². The van der Waals surface area contributed by atoms with Gasteiger partial charge in [-0.25, -0.2) is 4.98 Å². The number of anilines is 1. The fourth-order valence-electron chi connectivity index (χ4n) is 1.87. The Balaban J connectivity index is 1.97. The Kier molecular flexibility index (Phi) is 3.99. The van der Waals surface area contributed by atoms with Gasteiger partial charge in [0.2, 0.25) is 11.8 Å². The van der Waals surface area contributed by atoms with Crippen LogP contribution in [0.1, 0.15) is 20.3 Å². The average molecular weight is 263 g/mol. The van der Waals surface area contributed by atoms with E-state index in [1.165, 1.54) is 0 Å². The zero-order valence-corrected chi connectivity index (χ0v) is 10.9. The highest BCUT2D eigenvalue weighted by molar-refractivity contribution is 5.73. The third-order valence-electron chi connectivity index (χ3n) is 2.70. The fourth-order valence-corrected chi connectivity index (χ4v) is 1.87. The third kappa shape index (κ3) is 3.67. The van der Waals surface area contributed by atoms with Crippen LogP contribution in [0.2, 0.25) is 0 Å². The molecule has 1 aliphatic rings. The second kappa shape index (κ2) is 5.69. The summed E-state index contributed by atoms with van der Waals surface area (Å²) < 4.78 is 5.48. The fraction of sp³-hybridized carbons (Fsp3) is 0.462. The van der Waals surface area contributed by atoms with Gasteiger partial charge in [0.25, 0.3) is 0 Å². The van der Waals surface area contributed by atoms with Crippen LogP contribution in [0.3, 0.4) is 0 Å². The predicted octanol–water partition coefficient (Wildman–Crippen LogP) is 1.70. The van der Waals surface area contributed by atoms with Gasteiger partial charge in [0.15, 0.2) is 0 Å². The first-order valence-corrected chi connectivity index (χ1v) is 6.22. The van der Waals surface area contributed by atoms with Crippen LogP contribution in [0, 0.1) is 5.92 Å². The molecule has 102 valence electrons. The van der Waals surface area contributed by atoms with Crippen molar-refractivity contribution in [3.05, 3.63) is 24.4 Å². The van der Waals surface area contributed by atoms with E-state index in [1.807, 2.05) is 19.9 Å². The standard InChI is InChI=1S/C13H17N3O3/c1-8(2)19-11-5-6-14-13(16-11)15-10-4-3-9(7-10)12(17)18/h3-6,8-10H,7H2,1-2H3,(H,17,18)(H,14,15,16). The van der Waals surface area contributed by atoms with E-state index in [1.54, 1.807) is 18.3 Å². The summed E-state index contributed by atoms with van der Waals surface area (Å²) in [5.74, 6) is -0.297. The first kappa shape index (κ1) is 13.3. The SMILES string of the molecule is CC(C)Oc1ccnc(NC2C=CC(C(=O)O)C2)n1. The summed E-state index contributed by atoms with van der Waals surface area (Å²) in [6.07, 6.45) is 5.69. The van der Waals surface area contributed by atoms with E-state index in [0.29, 0.717) is 18.2 Å². The van der Waals surface area contributed by atoms with Crippen LogP contribution >= 0.6 is 0 Å². The van der Waals surface area contributed by atoms with E-state index in [0.717, 1.165) is 0 Å². The van der Waals surface area contributed by atoms with Crippen molar-refractivity contribution < 1.29 is 14.6 Å². The molecule has 1 aromatic heterocycles. The lowest BCUT2D eigenvalue weighted by atomic mass is 10.1. The second-order valence-corrected chi connectivity index (χ2v) is 4.70. The van der Waals surface area contributed by atoms with Crippen LogP contribution in [-0.4, -0.2) is 33.2 Å². The molecule has 2 rings (SSSR count). The van der Waals surface area contributed by atoms with Crippen molar-refractivity contribution in [2.45, 2.75) is 32.4 Å². The molecule has 6 heteroatoms. The molecule has 0 amide bonds. The summed E-state index contributed by atoms with van der Waals surface area (Å²) in [4.78, 5) is 19.2. The van der Waals surface area contributed by atoms with Crippen molar-refractivity contribution in [3.63, 3.8) is 0 Å². The molecule has 1 aliphatic carbocycles. The van der Waals surface area contributed by atoms with Gasteiger partial charge in [-0.3, -0.25) is 4.79 Å².